The fourth-order valence-electron chi connectivity index (χ4n) is 5.06. The Morgan fingerprint density at radius 3 is 2.31 bits per heavy atom. The maximum Gasteiger partial charge on any atom is 0.231 e. The molecule has 7 nitrogen and oxygen atoms in total. The van der Waals surface area contributed by atoms with Crippen LogP contribution in [-0.4, -0.2) is 61.3 Å². The molecule has 1 saturated heterocycles. The number of benzene rings is 3. The van der Waals surface area contributed by atoms with Crippen LogP contribution in [0.1, 0.15) is 37.3 Å². The Kier molecular flexibility index (Phi) is 11.0. The first-order valence-corrected chi connectivity index (χ1v) is 13.6. The van der Waals surface area contributed by atoms with Crippen LogP contribution in [0.5, 0.6) is 11.5 Å². The Hall–Kier alpha value is -2.88. The normalized spacial score (nSPS) is 16.7. The van der Waals surface area contributed by atoms with E-state index in [2.05, 4.69) is 48.7 Å². The van der Waals surface area contributed by atoms with Gasteiger partial charge < -0.3 is 25.2 Å². The van der Waals surface area contributed by atoms with Crippen molar-refractivity contribution in [3.63, 3.8) is 0 Å². The highest BCUT2D eigenvalue weighted by Crippen LogP contribution is 2.51. The second-order valence-electron chi connectivity index (χ2n) is 9.95. The molecule has 0 atom stereocenters. The van der Waals surface area contributed by atoms with Crippen LogP contribution in [-0.2, 0) is 21.4 Å². The monoisotopic (exact) mass is 553 g/mol. The van der Waals surface area contributed by atoms with Crippen molar-refractivity contribution >= 4 is 18.4 Å². The van der Waals surface area contributed by atoms with E-state index >= 15 is 0 Å². The minimum absolute atomic E-state index is 0. The molecule has 0 aromatic heterocycles. The highest BCUT2D eigenvalue weighted by atomic mass is 32.1. The SMILES string of the molecule is CCCN1CCOCC1.O.O.O=C(Cc1cccc(-c2ccc(S)cc2)c1)C1(c2ccc3c(c2)OCO3)CC1. The van der Waals surface area contributed by atoms with Crippen molar-refractivity contribution in [2.45, 2.75) is 42.9 Å². The van der Waals surface area contributed by atoms with Crippen LogP contribution in [0.4, 0.5) is 0 Å². The number of hydrogen-bond donors (Lipinski definition) is 1. The fraction of sp³-hybridized carbons (Fsp3) is 0.387. The van der Waals surface area contributed by atoms with Gasteiger partial charge in [-0.3, -0.25) is 9.69 Å². The van der Waals surface area contributed by atoms with Crippen molar-refractivity contribution in [3.05, 3.63) is 77.9 Å². The quantitative estimate of drug-likeness (QED) is 0.439. The van der Waals surface area contributed by atoms with E-state index in [1.165, 1.54) is 13.0 Å². The zero-order valence-electron chi connectivity index (χ0n) is 22.4. The predicted octanol–water partition coefficient (Wildman–Crippen LogP) is 4.29. The molecule has 0 bridgehead atoms. The average molecular weight is 554 g/mol. The zero-order chi connectivity index (χ0) is 25.7. The number of carbonyl (C=O) groups excluding carboxylic acids is 1. The molecular weight excluding hydrogens is 514 g/mol. The van der Waals surface area contributed by atoms with E-state index in [4.69, 9.17) is 14.2 Å². The second kappa shape index (κ2) is 14.0. The van der Waals surface area contributed by atoms with Crippen molar-refractivity contribution in [1.82, 2.24) is 4.90 Å². The van der Waals surface area contributed by atoms with Gasteiger partial charge in [0.05, 0.1) is 18.6 Å². The number of ether oxygens (including phenoxy) is 3. The molecule has 8 heteroatoms. The summed E-state index contributed by atoms with van der Waals surface area (Å²) in [6, 6.07) is 22.2. The van der Waals surface area contributed by atoms with E-state index in [9.17, 15) is 4.79 Å². The molecule has 39 heavy (non-hydrogen) atoms. The predicted molar refractivity (Wildman–Crippen MR) is 156 cm³/mol. The number of thiol groups is 1. The highest BCUT2D eigenvalue weighted by Gasteiger charge is 2.50. The molecule has 0 radical (unpaired) electrons. The molecule has 1 saturated carbocycles. The number of ketones is 1. The number of Topliss-reactive ketones (excluding diaryl/α,β-unsaturated/α-hetero) is 1. The molecule has 3 aromatic carbocycles. The first kappa shape index (κ1) is 30.7. The lowest BCUT2D eigenvalue weighted by atomic mass is 9.87. The molecule has 1 aliphatic carbocycles. The van der Waals surface area contributed by atoms with Gasteiger partial charge in [-0.2, -0.15) is 0 Å². The van der Waals surface area contributed by atoms with Crippen LogP contribution >= 0.6 is 12.6 Å². The molecule has 0 amide bonds. The number of fused-ring (bicyclic) bond motifs is 1. The van der Waals surface area contributed by atoms with Crippen LogP contribution in [0, 0.1) is 0 Å². The Morgan fingerprint density at radius 1 is 0.897 bits per heavy atom. The summed E-state index contributed by atoms with van der Waals surface area (Å²) in [5.74, 6) is 1.77. The number of morpholine rings is 1. The van der Waals surface area contributed by atoms with E-state index in [-0.39, 0.29) is 28.9 Å². The Bertz CT molecular complexity index is 1220. The third-order valence-electron chi connectivity index (χ3n) is 7.34. The van der Waals surface area contributed by atoms with Gasteiger partial charge in [0.15, 0.2) is 11.5 Å². The third kappa shape index (κ3) is 7.41. The molecule has 2 heterocycles. The Labute approximate surface area is 236 Å². The fourth-order valence-corrected chi connectivity index (χ4v) is 5.21. The summed E-state index contributed by atoms with van der Waals surface area (Å²) in [4.78, 5) is 16.6. The maximum absolute atomic E-state index is 13.2. The largest absolute Gasteiger partial charge is 0.454 e. The molecule has 3 aromatic rings. The van der Waals surface area contributed by atoms with Crippen LogP contribution in [0.25, 0.3) is 11.1 Å². The summed E-state index contributed by atoms with van der Waals surface area (Å²) in [5, 5.41) is 0. The van der Waals surface area contributed by atoms with E-state index in [1.54, 1.807) is 0 Å². The number of nitrogens with zero attached hydrogens (tertiary/aromatic N) is 1. The van der Waals surface area contributed by atoms with Crippen LogP contribution in [0.3, 0.4) is 0 Å². The van der Waals surface area contributed by atoms with E-state index < -0.39 is 0 Å². The molecular formula is C31H39NO6S. The van der Waals surface area contributed by atoms with Gasteiger partial charge in [-0.1, -0.05) is 49.4 Å². The molecule has 6 rings (SSSR count). The van der Waals surface area contributed by atoms with E-state index in [0.29, 0.717) is 6.42 Å². The van der Waals surface area contributed by atoms with Gasteiger partial charge in [0.25, 0.3) is 0 Å². The zero-order valence-corrected chi connectivity index (χ0v) is 23.3. The van der Waals surface area contributed by atoms with Crippen molar-refractivity contribution < 1.29 is 30.0 Å². The van der Waals surface area contributed by atoms with Gasteiger partial charge in [0.1, 0.15) is 5.78 Å². The molecule has 0 unspecified atom stereocenters. The lowest BCUT2D eigenvalue weighted by molar-refractivity contribution is -0.120. The van der Waals surface area contributed by atoms with Crippen LogP contribution in [0.15, 0.2) is 71.6 Å². The van der Waals surface area contributed by atoms with Crippen molar-refractivity contribution in [1.29, 1.82) is 0 Å². The summed E-state index contributed by atoms with van der Waals surface area (Å²) >= 11 is 4.35. The minimum atomic E-state index is -0.370. The van der Waals surface area contributed by atoms with Gasteiger partial charge in [-0.15, -0.1) is 12.6 Å². The number of hydrogen-bond acceptors (Lipinski definition) is 6. The maximum atomic E-state index is 13.2. The lowest BCUT2D eigenvalue weighted by Crippen LogP contribution is -2.36. The number of rotatable bonds is 7. The summed E-state index contributed by atoms with van der Waals surface area (Å²) in [6.45, 7) is 7.83. The smallest absolute Gasteiger partial charge is 0.231 e. The first-order chi connectivity index (χ1) is 18.1. The molecule has 210 valence electrons. The summed E-state index contributed by atoms with van der Waals surface area (Å²) in [7, 11) is 0. The van der Waals surface area contributed by atoms with E-state index in [1.807, 2.05) is 42.5 Å². The molecule has 2 fully saturated rings. The highest BCUT2D eigenvalue weighted by molar-refractivity contribution is 7.80. The average Bonchev–Trinajstić information content (AvgIpc) is 3.61. The van der Waals surface area contributed by atoms with Gasteiger partial charge >= 0.3 is 0 Å². The van der Waals surface area contributed by atoms with Crippen LogP contribution in [0.2, 0.25) is 0 Å². The van der Waals surface area contributed by atoms with Crippen LogP contribution < -0.4 is 9.47 Å². The van der Waals surface area contributed by atoms with Gasteiger partial charge in [0, 0.05) is 24.4 Å². The molecule has 2 aliphatic heterocycles. The third-order valence-corrected chi connectivity index (χ3v) is 7.64. The van der Waals surface area contributed by atoms with Crippen molar-refractivity contribution in [2.24, 2.45) is 0 Å². The summed E-state index contributed by atoms with van der Waals surface area (Å²) in [6.07, 6.45) is 3.50. The van der Waals surface area contributed by atoms with Gasteiger partial charge in [-0.25, -0.2) is 0 Å². The summed E-state index contributed by atoms with van der Waals surface area (Å²) in [5.41, 5.74) is 3.97. The standard InChI is InChI=1S/C24H20O3S.C7H15NO.2H2O/c25-23(24(10-11-24)19-6-9-21-22(14-19)27-15-26-21)13-16-2-1-3-18(12-16)17-4-7-20(28)8-5-17;1-2-3-8-4-6-9-7-5-8;;/h1-9,12,14,28H,10-11,13,15H2;2-7H2,1H3;2*1H2. The molecule has 4 N–H and O–H groups in total. The molecule has 3 aliphatic rings. The van der Waals surface area contributed by atoms with E-state index in [0.717, 1.165) is 77.8 Å². The second-order valence-corrected chi connectivity index (χ2v) is 10.5. The Balaban J connectivity index is 0.000000329. The lowest BCUT2D eigenvalue weighted by Gasteiger charge is -2.25. The van der Waals surface area contributed by atoms with Gasteiger partial charge in [0.2, 0.25) is 6.79 Å². The number of carbonyl (C=O) groups is 1. The summed E-state index contributed by atoms with van der Waals surface area (Å²) < 4.78 is 16.1. The van der Waals surface area contributed by atoms with Crippen molar-refractivity contribution in [2.75, 3.05) is 39.6 Å². The first-order valence-electron chi connectivity index (χ1n) is 13.2. The molecule has 0 spiro atoms. The topological polar surface area (TPSA) is 111 Å². The van der Waals surface area contributed by atoms with Crippen molar-refractivity contribution in [3.8, 4) is 22.6 Å². The van der Waals surface area contributed by atoms with Gasteiger partial charge in [-0.05, 0) is 72.3 Å². The minimum Gasteiger partial charge on any atom is -0.454 e. The Morgan fingerprint density at radius 2 is 1.62 bits per heavy atom.